The first-order valence-electron chi connectivity index (χ1n) is 16.8. The zero-order valence-electron chi connectivity index (χ0n) is 29.3. The molecule has 0 saturated carbocycles. The van der Waals surface area contributed by atoms with Crippen molar-refractivity contribution in [3.05, 3.63) is 112 Å². The predicted octanol–water partition coefficient (Wildman–Crippen LogP) is 6.76. The number of hydrogen-bond acceptors (Lipinski definition) is 9. The van der Waals surface area contributed by atoms with Crippen molar-refractivity contribution in [2.75, 3.05) is 30.9 Å². The number of esters is 1. The Labute approximate surface area is 310 Å². The Hall–Kier alpha value is -5.40. The normalized spacial score (nSPS) is 13.0. The summed E-state index contributed by atoms with van der Waals surface area (Å²) in [6.07, 6.45) is 2.54. The first-order valence-corrected chi connectivity index (χ1v) is 18.5. The van der Waals surface area contributed by atoms with Crippen LogP contribution in [-0.4, -0.2) is 60.0 Å². The molecule has 2 heterocycles. The highest BCUT2D eigenvalue weighted by molar-refractivity contribution is 8.00. The fourth-order valence-corrected chi connectivity index (χ4v) is 7.81. The Kier molecular flexibility index (Phi) is 12.9. The van der Waals surface area contributed by atoms with E-state index in [1.165, 1.54) is 30.0 Å². The van der Waals surface area contributed by atoms with Gasteiger partial charge in [-0.3, -0.25) is 19.2 Å². The quantitative estimate of drug-likeness (QED) is 0.0776. The van der Waals surface area contributed by atoms with Crippen LogP contribution in [0.4, 0.5) is 10.7 Å². The summed E-state index contributed by atoms with van der Waals surface area (Å²) < 4.78 is 10.7. The number of amides is 4. The summed E-state index contributed by atoms with van der Waals surface area (Å²) in [6, 6.07) is 22.8. The maximum atomic E-state index is 13.7. The lowest BCUT2D eigenvalue weighted by atomic mass is 10.0. The molecule has 1 atom stereocenters. The minimum atomic E-state index is -0.546. The van der Waals surface area contributed by atoms with Gasteiger partial charge < -0.3 is 30.3 Å². The molecular formula is C39H40N4O7S2. The molecule has 0 bridgehead atoms. The van der Waals surface area contributed by atoms with E-state index in [2.05, 4.69) is 16.0 Å². The summed E-state index contributed by atoms with van der Waals surface area (Å²) >= 11 is 2.61. The van der Waals surface area contributed by atoms with Crippen molar-refractivity contribution in [2.45, 2.75) is 50.3 Å². The van der Waals surface area contributed by atoms with Crippen LogP contribution in [0.2, 0.25) is 0 Å². The average Bonchev–Trinajstić information content (AvgIpc) is 3.51. The van der Waals surface area contributed by atoms with Gasteiger partial charge in [0, 0.05) is 34.5 Å². The minimum absolute atomic E-state index is 0.0217. The van der Waals surface area contributed by atoms with E-state index in [0.29, 0.717) is 59.1 Å². The summed E-state index contributed by atoms with van der Waals surface area (Å²) in [7, 11) is 1.55. The number of hydrogen-bond donors (Lipinski definition) is 3. The van der Waals surface area contributed by atoms with Crippen molar-refractivity contribution >= 4 is 69.5 Å². The second-order valence-electron chi connectivity index (χ2n) is 11.8. The van der Waals surface area contributed by atoms with Gasteiger partial charge >= 0.3 is 5.97 Å². The maximum absolute atomic E-state index is 13.7. The molecule has 3 aromatic carbocycles. The standard InChI is InChI=1S/C39H40N4O7S2/c1-5-32(37(47)42-38-34(39(48)50-6-2)30-18-19-43(24(3)44)23-33(30)52-38)51-29-17-11-15-27(22-29)40-36(46)31(21-25-12-10-16-28(20-25)49-4)41-35(45)26-13-8-7-9-14-26/h7-17,20-22,32H,5-6,18-19,23H2,1-4H3,(H,40,46)(H,41,45)(H,42,47)/b31-21-. The molecule has 4 amide bonds. The van der Waals surface area contributed by atoms with E-state index in [-0.39, 0.29) is 24.1 Å². The molecule has 4 aromatic rings. The van der Waals surface area contributed by atoms with Crippen molar-refractivity contribution in [1.82, 2.24) is 10.2 Å². The molecule has 52 heavy (non-hydrogen) atoms. The van der Waals surface area contributed by atoms with Crippen LogP contribution in [0.5, 0.6) is 5.75 Å². The lowest BCUT2D eigenvalue weighted by Gasteiger charge is -2.25. The van der Waals surface area contributed by atoms with Gasteiger partial charge in [0.1, 0.15) is 16.4 Å². The number of fused-ring (bicyclic) bond motifs is 1. The second-order valence-corrected chi connectivity index (χ2v) is 14.1. The zero-order valence-corrected chi connectivity index (χ0v) is 31.0. The van der Waals surface area contributed by atoms with Gasteiger partial charge in [0.2, 0.25) is 11.8 Å². The van der Waals surface area contributed by atoms with Crippen molar-refractivity contribution in [3.8, 4) is 5.75 Å². The number of carbonyl (C=O) groups excluding carboxylic acids is 5. The van der Waals surface area contributed by atoms with Crippen LogP contribution in [-0.2, 0) is 32.1 Å². The first kappa shape index (κ1) is 37.8. The van der Waals surface area contributed by atoms with E-state index in [1.807, 2.05) is 13.0 Å². The van der Waals surface area contributed by atoms with E-state index in [9.17, 15) is 24.0 Å². The Morgan fingerprint density at radius 1 is 0.962 bits per heavy atom. The van der Waals surface area contributed by atoms with Crippen LogP contribution < -0.4 is 20.7 Å². The molecule has 3 N–H and O–H groups in total. The summed E-state index contributed by atoms with van der Waals surface area (Å²) in [4.78, 5) is 68.8. The molecule has 0 aliphatic carbocycles. The van der Waals surface area contributed by atoms with Gasteiger partial charge in [0.15, 0.2) is 0 Å². The van der Waals surface area contributed by atoms with Gasteiger partial charge in [-0.1, -0.05) is 43.3 Å². The Morgan fingerprint density at radius 2 is 1.73 bits per heavy atom. The third kappa shape index (κ3) is 9.47. The molecule has 270 valence electrons. The van der Waals surface area contributed by atoms with Crippen molar-refractivity contribution in [3.63, 3.8) is 0 Å². The molecule has 13 heteroatoms. The maximum Gasteiger partial charge on any atom is 0.341 e. The molecule has 5 rings (SSSR count). The fraction of sp³-hybridized carbons (Fsp3) is 0.256. The molecule has 0 fully saturated rings. The molecule has 0 saturated heterocycles. The van der Waals surface area contributed by atoms with Gasteiger partial charge in [-0.05, 0) is 79.4 Å². The van der Waals surface area contributed by atoms with E-state index >= 15 is 0 Å². The largest absolute Gasteiger partial charge is 0.497 e. The lowest BCUT2D eigenvalue weighted by molar-refractivity contribution is -0.129. The van der Waals surface area contributed by atoms with Crippen molar-refractivity contribution in [2.24, 2.45) is 0 Å². The zero-order chi connectivity index (χ0) is 37.2. The van der Waals surface area contributed by atoms with Crippen LogP contribution in [0.3, 0.4) is 0 Å². The smallest absolute Gasteiger partial charge is 0.341 e. The van der Waals surface area contributed by atoms with E-state index in [1.54, 1.807) is 97.8 Å². The Balaban J connectivity index is 1.33. The summed E-state index contributed by atoms with van der Waals surface area (Å²) in [5, 5.41) is 8.46. The van der Waals surface area contributed by atoms with E-state index < -0.39 is 23.0 Å². The number of rotatable bonds is 13. The van der Waals surface area contributed by atoms with Gasteiger partial charge in [0.05, 0.1) is 31.1 Å². The van der Waals surface area contributed by atoms with Crippen molar-refractivity contribution < 1.29 is 33.4 Å². The molecule has 1 unspecified atom stereocenters. The van der Waals surface area contributed by atoms with E-state index in [4.69, 9.17) is 9.47 Å². The van der Waals surface area contributed by atoms with Gasteiger partial charge in [-0.2, -0.15) is 0 Å². The SMILES string of the molecule is CCOC(=O)c1c(NC(=O)C(CC)Sc2cccc(NC(=O)/C(=C/c3cccc(OC)c3)NC(=O)c3ccccc3)c2)sc2c1CCN(C(C)=O)C2. The molecule has 11 nitrogen and oxygen atoms in total. The number of methoxy groups -OCH3 is 1. The Morgan fingerprint density at radius 3 is 2.44 bits per heavy atom. The second kappa shape index (κ2) is 17.7. The first-order chi connectivity index (χ1) is 25.1. The number of thiophene rings is 1. The van der Waals surface area contributed by atoms with Crippen LogP contribution in [0.25, 0.3) is 6.08 Å². The van der Waals surface area contributed by atoms with Crippen LogP contribution >= 0.6 is 23.1 Å². The number of anilines is 2. The molecule has 1 aliphatic rings. The molecule has 1 aliphatic heterocycles. The minimum Gasteiger partial charge on any atom is -0.497 e. The van der Waals surface area contributed by atoms with Crippen molar-refractivity contribution in [1.29, 1.82) is 0 Å². The number of nitrogens with one attached hydrogen (secondary N) is 3. The number of thioether (sulfide) groups is 1. The number of carbonyl (C=O) groups is 5. The number of benzene rings is 3. The molecule has 0 radical (unpaired) electrons. The van der Waals surface area contributed by atoms with Gasteiger partial charge in [0.25, 0.3) is 11.8 Å². The van der Waals surface area contributed by atoms with Crippen LogP contribution in [0.1, 0.15) is 63.9 Å². The highest BCUT2D eigenvalue weighted by Gasteiger charge is 2.31. The summed E-state index contributed by atoms with van der Waals surface area (Å²) in [6.45, 7) is 6.17. The van der Waals surface area contributed by atoms with Crippen LogP contribution in [0, 0.1) is 0 Å². The Bertz CT molecular complexity index is 1990. The third-order valence-corrected chi connectivity index (χ3v) is 10.7. The molecule has 1 aromatic heterocycles. The highest BCUT2D eigenvalue weighted by atomic mass is 32.2. The summed E-state index contributed by atoms with van der Waals surface area (Å²) in [5.41, 5.74) is 2.67. The van der Waals surface area contributed by atoms with Gasteiger partial charge in [-0.25, -0.2) is 4.79 Å². The fourth-order valence-electron chi connectivity index (χ4n) is 5.54. The average molecular weight is 741 g/mol. The summed E-state index contributed by atoms with van der Waals surface area (Å²) in [5.74, 6) is -1.24. The van der Waals surface area contributed by atoms with E-state index in [0.717, 1.165) is 15.3 Å². The topological polar surface area (TPSA) is 143 Å². The third-order valence-electron chi connectivity index (χ3n) is 8.19. The predicted molar refractivity (Wildman–Crippen MR) is 204 cm³/mol. The number of nitrogens with zero attached hydrogens (tertiary/aromatic N) is 1. The number of ether oxygens (including phenoxy) is 2. The van der Waals surface area contributed by atoms with Crippen LogP contribution in [0.15, 0.2) is 89.5 Å². The van der Waals surface area contributed by atoms with Gasteiger partial charge in [-0.15, -0.1) is 23.1 Å². The monoisotopic (exact) mass is 740 g/mol. The molecular weight excluding hydrogens is 701 g/mol. The lowest BCUT2D eigenvalue weighted by Crippen LogP contribution is -2.34. The molecule has 0 spiro atoms. The highest BCUT2D eigenvalue weighted by Crippen LogP contribution is 2.39.